The Balaban J connectivity index is 0.00000289. The van der Waals surface area contributed by atoms with Crippen molar-refractivity contribution in [3.8, 4) is 0 Å². The lowest BCUT2D eigenvalue weighted by Crippen LogP contribution is -2.52. The van der Waals surface area contributed by atoms with Gasteiger partial charge in [-0.3, -0.25) is 4.79 Å². The summed E-state index contributed by atoms with van der Waals surface area (Å²) in [4.78, 5) is 12.4. The molecular weight excluding hydrogens is 252 g/mol. The van der Waals surface area contributed by atoms with Crippen LogP contribution in [0.2, 0.25) is 0 Å². The normalized spacial score (nSPS) is 20.1. The minimum absolute atomic E-state index is 0. The van der Waals surface area contributed by atoms with Crippen LogP contribution in [0.1, 0.15) is 33.6 Å². The fraction of sp³-hybridized carbons (Fsp3) is 0.923. The van der Waals surface area contributed by atoms with Gasteiger partial charge in [0.1, 0.15) is 0 Å². The summed E-state index contributed by atoms with van der Waals surface area (Å²) in [5, 5.41) is 6.42. The Hall–Kier alpha value is -0.320. The highest BCUT2D eigenvalue weighted by Crippen LogP contribution is 2.29. The molecule has 18 heavy (non-hydrogen) atoms. The third kappa shape index (κ3) is 4.41. The zero-order valence-electron chi connectivity index (χ0n) is 11.9. The molecule has 0 aromatic carbocycles. The Labute approximate surface area is 117 Å². The van der Waals surface area contributed by atoms with Crippen molar-refractivity contribution in [3.63, 3.8) is 0 Å². The molecule has 0 bridgehead atoms. The SMILES string of the molecule is COCC1(C(=O)NC(C)C(C)C)CCNCC1.Cl. The number of rotatable bonds is 5. The Bertz CT molecular complexity index is 248. The number of nitrogens with one attached hydrogen (secondary N) is 2. The summed E-state index contributed by atoms with van der Waals surface area (Å²) in [5.41, 5.74) is -0.330. The maximum atomic E-state index is 12.4. The molecular formula is C13H27ClN2O2. The molecule has 0 aromatic heterocycles. The molecule has 108 valence electrons. The highest BCUT2D eigenvalue weighted by atomic mass is 35.5. The molecule has 1 aliphatic heterocycles. The van der Waals surface area contributed by atoms with Crippen molar-refractivity contribution in [2.45, 2.75) is 39.7 Å². The first-order valence-electron chi connectivity index (χ1n) is 6.52. The second-order valence-electron chi connectivity index (χ2n) is 5.47. The van der Waals surface area contributed by atoms with E-state index in [0.29, 0.717) is 12.5 Å². The van der Waals surface area contributed by atoms with Crippen molar-refractivity contribution in [1.82, 2.24) is 10.6 Å². The molecule has 0 spiro atoms. The van der Waals surface area contributed by atoms with Crippen LogP contribution in [0.3, 0.4) is 0 Å². The van der Waals surface area contributed by atoms with Gasteiger partial charge in [-0.15, -0.1) is 12.4 Å². The van der Waals surface area contributed by atoms with Crippen LogP contribution in [0.4, 0.5) is 0 Å². The maximum absolute atomic E-state index is 12.4. The molecule has 1 rings (SSSR count). The maximum Gasteiger partial charge on any atom is 0.228 e. The van der Waals surface area contributed by atoms with Gasteiger partial charge in [0.2, 0.25) is 5.91 Å². The van der Waals surface area contributed by atoms with Crippen LogP contribution < -0.4 is 10.6 Å². The van der Waals surface area contributed by atoms with Crippen molar-refractivity contribution >= 4 is 18.3 Å². The van der Waals surface area contributed by atoms with Gasteiger partial charge < -0.3 is 15.4 Å². The minimum Gasteiger partial charge on any atom is -0.384 e. The van der Waals surface area contributed by atoms with Gasteiger partial charge in [0.25, 0.3) is 0 Å². The lowest BCUT2D eigenvalue weighted by molar-refractivity contribution is -0.137. The van der Waals surface area contributed by atoms with Gasteiger partial charge in [-0.05, 0) is 38.8 Å². The summed E-state index contributed by atoms with van der Waals surface area (Å²) in [5.74, 6) is 0.613. The Morgan fingerprint density at radius 3 is 2.33 bits per heavy atom. The number of carbonyl (C=O) groups excluding carboxylic acids is 1. The Kier molecular flexibility index (Phi) is 7.83. The zero-order valence-corrected chi connectivity index (χ0v) is 12.7. The largest absolute Gasteiger partial charge is 0.384 e. The molecule has 0 aromatic rings. The van der Waals surface area contributed by atoms with E-state index in [9.17, 15) is 4.79 Å². The number of carbonyl (C=O) groups is 1. The summed E-state index contributed by atoms with van der Waals surface area (Å²) in [6, 6.07) is 0.214. The smallest absolute Gasteiger partial charge is 0.228 e. The number of hydrogen-bond acceptors (Lipinski definition) is 3. The lowest BCUT2D eigenvalue weighted by Gasteiger charge is -2.36. The Morgan fingerprint density at radius 1 is 1.33 bits per heavy atom. The summed E-state index contributed by atoms with van der Waals surface area (Å²) in [6.45, 7) is 8.61. The fourth-order valence-electron chi connectivity index (χ4n) is 2.15. The fourth-order valence-corrected chi connectivity index (χ4v) is 2.15. The monoisotopic (exact) mass is 278 g/mol. The first-order valence-corrected chi connectivity index (χ1v) is 6.52. The van der Waals surface area contributed by atoms with Crippen molar-refractivity contribution in [1.29, 1.82) is 0 Å². The van der Waals surface area contributed by atoms with Gasteiger partial charge >= 0.3 is 0 Å². The molecule has 1 amide bonds. The summed E-state index contributed by atoms with van der Waals surface area (Å²) in [7, 11) is 1.67. The van der Waals surface area contributed by atoms with Gasteiger partial charge in [0.15, 0.2) is 0 Å². The van der Waals surface area contributed by atoms with E-state index in [2.05, 4.69) is 31.4 Å². The predicted molar refractivity (Wildman–Crippen MR) is 76.1 cm³/mol. The van der Waals surface area contributed by atoms with Crippen LogP contribution >= 0.6 is 12.4 Å². The summed E-state index contributed by atoms with van der Waals surface area (Å²) in [6.07, 6.45) is 1.72. The molecule has 1 fully saturated rings. The Morgan fingerprint density at radius 2 is 1.89 bits per heavy atom. The lowest BCUT2D eigenvalue weighted by atomic mass is 9.78. The molecule has 0 saturated carbocycles. The van der Waals surface area contributed by atoms with Crippen LogP contribution in [0.25, 0.3) is 0 Å². The molecule has 1 aliphatic rings. The van der Waals surface area contributed by atoms with Crippen molar-refractivity contribution in [2.75, 3.05) is 26.8 Å². The molecule has 4 nitrogen and oxygen atoms in total. The first-order chi connectivity index (χ1) is 8.02. The van der Waals surface area contributed by atoms with Crippen LogP contribution in [-0.4, -0.2) is 38.8 Å². The third-order valence-corrected chi connectivity index (χ3v) is 3.82. The van der Waals surface area contributed by atoms with E-state index in [1.54, 1.807) is 7.11 Å². The molecule has 1 atom stereocenters. The van der Waals surface area contributed by atoms with Crippen LogP contribution in [0, 0.1) is 11.3 Å². The molecule has 1 unspecified atom stereocenters. The van der Waals surface area contributed by atoms with E-state index in [-0.39, 0.29) is 29.8 Å². The average molecular weight is 279 g/mol. The van der Waals surface area contributed by atoms with E-state index in [1.807, 2.05) is 0 Å². The second-order valence-corrected chi connectivity index (χ2v) is 5.47. The minimum atomic E-state index is -0.330. The molecule has 0 aliphatic carbocycles. The van der Waals surface area contributed by atoms with Crippen molar-refractivity contribution < 1.29 is 9.53 Å². The highest BCUT2D eigenvalue weighted by molar-refractivity contribution is 5.85. The van der Waals surface area contributed by atoms with Crippen LogP contribution in [-0.2, 0) is 9.53 Å². The average Bonchev–Trinajstić information content (AvgIpc) is 2.30. The summed E-state index contributed by atoms with van der Waals surface area (Å²) >= 11 is 0. The van der Waals surface area contributed by atoms with E-state index in [1.165, 1.54) is 0 Å². The quantitative estimate of drug-likeness (QED) is 0.803. The van der Waals surface area contributed by atoms with Crippen LogP contribution in [0.5, 0.6) is 0 Å². The van der Waals surface area contributed by atoms with Gasteiger partial charge in [0, 0.05) is 13.2 Å². The number of halogens is 1. The number of amides is 1. The van der Waals surface area contributed by atoms with Gasteiger partial charge in [0.05, 0.1) is 12.0 Å². The topological polar surface area (TPSA) is 50.4 Å². The van der Waals surface area contributed by atoms with E-state index in [0.717, 1.165) is 25.9 Å². The number of hydrogen-bond donors (Lipinski definition) is 2. The first kappa shape index (κ1) is 17.7. The van der Waals surface area contributed by atoms with Gasteiger partial charge in [-0.25, -0.2) is 0 Å². The van der Waals surface area contributed by atoms with Crippen molar-refractivity contribution in [3.05, 3.63) is 0 Å². The standard InChI is InChI=1S/C13H26N2O2.ClH/c1-10(2)11(3)15-12(16)13(9-17-4)5-7-14-8-6-13;/h10-11,14H,5-9H2,1-4H3,(H,15,16);1H. The molecule has 2 N–H and O–H groups in total. The van der Waals surface area contributed by atoms with E-state index >= 15 is 0 Å². The summed E-state index contributed by atoms with van der Waals surface area (Å²) < 4.78 is 5.26. The van der Waals surface area contributed by atoms with Crippen molar-refractivity contribution in [2.24, 2.45) is 11.3 Å². The van der Waals surface area contributed by atoms with Gasteiger partial charge in [-0.2, -0.15) is 0 Å². The molecule has 1 heterocycles. The van der Waals surface area contributed by atoms with Gasteiger partial charge in [-0.1, -0.05) is 13.8 Å². The van der Waals surface area contributed by atoms with E-state index < -0.39 is 0 Å². The highest BCUT2D eigenvalue weighted by Gasteiger charge is 2.40. The van der Waals surface area contributed by atoms with Crippen LogP contribution in [0.15, 0.2) is 0 Å². The third-order valence-electron chi connectivity index (χ3n) is 3.82. The zero-order chi connectivity index (χ0) is 12.9. The van der Waals surface area contributed by atoms with E-state index in [4.69, 9.17) is 4.74 Å². The predicted octanol–water partition coefficient (Wildman–Crippen LogP) is 1.59. The number of piperidine rings is 1. The molecule has 1 saturated heterocycles. The molecule has 5 heteroatoms. The number of ether oxygens (including phenoxy) is 1. The second kappa shape index (κ2) is 7.97. The molecule has 0 radical (unpaired) electrons. The number of methoxy groups -OCH3 is 1.